The zero-order valence-electron chi connectivity index (χ0n) is 16.8. The van der Waals surface area contributed by atoms with Crippen LogP contribution in [0.4, 0.5) is 17.2 Å². The number of hydrogen-bond donors (Lipinski definition) is 2. The van der Waals surface area contributed by atoms with Crippen LogP contribution in [0.15, 0.2) is 85.2 Å². The maximum Gasteiger partial charge on any atom is 0.262 e. The first kappa shape index (κ1) is 21.6. The van der Waals surface area contributed by atoms with Crippen molar-refractivity contribution in [3.05, 3.63) is 95.2 Å². The van der Waals surface area contributed by atoms with E-state index in [1.165, 1.54) is 6.33 Å². The molecule has 0 fully saturated rings. The van der Waals surface area contributed by atoms with Gasteiger partial charge in [0.15, 0.2) is 6.61 Å². The van der Waals surface area contributed by atoms with Crippen LogP contribution in [0.3, 0.4) is 0 Å². The van der Waals surface area contributed by atoms with E-state index in [4.69, 9.17) is 27.9 Å². The zero-order chi connectivity index (χ0) is 22.3. The van der Waals surface area contributed by atoms with Gasteiger partial charge in [0.25, 0.3) is 5.91 Å². The third-order valence-corrected chi connectivity index (χ3v) is 4.98. The number of anilines is 3. The van der Waals surface area contributed by atoms with Crippen molar-refractivity contribution in [1.82, 2.24) is 9.97 Å². The molecule has 8 heteroatoms. The van der Waals surface area contributed by atoms with Gasteiger partial charge in [-0.25, -0.2) is 9.97 Å². The SMILES string of the molecule is O=C(COc1cc(Cl)ccc1Cl)Nc1ccc(Nc2cc(-c3ccccc3)ncn2)cc1. The topological polar surface area (TPSA) is 76.1 Å². The van der Waals surface area contributed by atoms with Gasteiger partial charge in [0.05, 0.1) is 10.7 Å². The fourth-order valence-corrected chi connectivity index (χ4v) is 3.24. The van der Waals surface area contributed by atoms with Crippen molar-refractivity contribution in [1.29, 1.82) is 0 Å². The molecule has 4 rings (SSSR count). The van der Waals surface area contributed by atoms with Crippen molar-refractivity contribution in [2.45, 2.75) is 0 Å². The minimum absolute atomic E-state index is 0.191. The van der Waals surface area contributed by atoms with Crippen molar-refractivity contribution in [2.75, 3.05) is 17.2 Å². The molecule has 2 N–H and O–H groups in total. The number of carbonyl (C=O) groups excluding carboxylic acids is 1. The Morgan fingerprint density at radius 1 is 0.875 bits per heavy atom. The van der Waals surface area contributed by atoms with Gasteiger partial charge in [0.1, 0.15) is 17.9 Å². The van der Waals surface area contributed by atoms with E-state index in [2.05, 4.69) is 20.6 Å². The molecule has 0 saturated heterocycles. The van der Waals surface area contributed by atoms with Gasteiger partial charge >= 0.3 is 0 Å². The quantitative estimate of drug-likeness (QED) is 0.339. The second kappa shape index (κ2) is 10.1. The first-order chi connectivity index (χ1) is 15.6. The van der Waals surface area contributed by atoms with E-state index in [1.807, 2.05) is 48.5 Å². The summed E-state index contributed by atoms with van der Waals surface area (Å²) >= 11 is 12.0. The minimum Gasteiger partial charge on any atom is -0.482 e. The fraction of sp³-hybridized carbons (Fsp3) is 0.0417. The molecule has 0 bridgehead atoms. The summed E-state index contributed by atoms with van der Waals surface area (Å²) in [4.78, 5) is 20.8. The van der Waals surface area contributed by atoms with Gasteiger partial charge in [-0.2, -0.15) is 0 Å². The van der Waals surface area contributed by atoms with E-state index < -0.39 is 0 Å². The molecule has 0 aliphatic carbocycles. The summed E-state index contributed by atoms with van der Waals surface area (Å²) in [5, 5.41) is 6.88. The average Bonchev–Trinajstić information content (AvgIpc) is 2.82. The van der Waals surface area contributed by atoms with Crippen molar-refractivity contribution in [3.8, 4) is 17.0 Å². The molecule has 32 heavy (non-hydrogen) atoms. The van der Waals surface area contributed by atoms with Gasteiger partial charge < -0.3 is 15.4 Å². The third-order valence-electron chi connectivity index (χ3n) is 4.43. The Morgan fingerprint density at radius 2 is 1.62 bits per heavy atom. The molecule has 3 aromatic carbocycles. The van der Waals surface area contributed by atoms with Crippen LogP contribution in [0, 0.1) is 0 Å². The second-order valence-electron chi connectivity index (χ2n) is 6.77. The number of nitrogens with zero attached hydrogens (tertiary/aromatic N) is 2. The van der Waals surface area contributed by atoms with E-state index in [9.17, 15) is 4.79 Å². The Hall–Kier alpha value is -3.61. The van der Waals surface area contributed by atoms with Crippen LogP contribution in [0.5, 0.6) is 5.75 Å². The van der Waals surface area contributed by atoms with Crippen LogP contribution in [-0.2, 0) is 4.79 Å². The standard InChI is InChI=1S/C24H18Cl2N4O2/c25-17-6-11-20(26)22(12-17)32-14-24(31)30-19-9-7-18(8-10-19)29-23-13-21(27-15-28-23)16-4-2-1-3-5-16/h1-13,15H,14H2,(H,30,31)(H,27,28,29). The summed E-state index contributed by atoms with van der Waals surface area (Å²) in [6.07, 6.45) is 1.52. The Bertz CT molecular complexity index is 1220. The monoisotopic (exact) mass is 464 g/mol. The Kier molecular flexibility index (Phi) is 6.84. The lowest BCUT2D eigenvalue weighted by Crippen LogP contribution is -2.20. The van der Waals surface area contributed by atoms with Crippen LogP contribution in [-0.4, -0.2) is 22.5 Å². The molecular weight excluding hydrogens is 447 g/mol. The number of aromatic nitrogens is 2. The number of nitrogens with one attached hydrogen (secondary N) is 2. The highest BCUT2D eigenvalue weighted by Crippen LogP contribution is 2.27. The molecule has 0 unspecified atom stereocenters. The summed E-state index contributed by atoms with van der Waals surface area (Å²) in [5.74, 6) is 0.709. The predicted octanol–water partition coefficient (Wildman–Crippen LogP) is 6.21. The van der Waals surface area contributed by atoms with E-state index in [0.29, 0.717) is 27.3 Å². The van der Waals surface area contributed by atoms with Crippen LogP contribution < -0.4 is 15.4 Å². The Balaban J connectivity index is 1.34. The number of amides is 1. The van der Waals surface area contributed by atoms with Gasteiger partial charge in [-0.3, -0.25) is 4.79 Å². The van der Waals surface area contributed by atoms with Gasteiger partial charge in [0, 0.05) is 34.1 Å². The molecule has 6 nitrogen and oxygen atoms in total. The maximum atomic E-state index is 12.2. The van der Waals surface area contributed by atoms with Gasteiger partial charge in [-0.05, 0) is 36.4 Å². The van der Waals surface area contributed by atoms with Crippen molar-refractivity contribution >= 4 is 46.3 Å². The lowest BCUT2D eigenvalue weighted by Gasteiger charge is -2.10. The second-order valence-corrected chi connectivity index (χ2v) is 7.61. The average molecular weight is 465 g/mol. The highest BCUT2D eigenvalue weighted by Gasteiger charge is 2.08. The fourth-order valence-electron chi connectivity index (χ4n) is 2.91. The molecule has 1 heterocycles. The van der Waals surface area contributed by atoms with E-state index in [-0.39, 0.29) is 12.5 Å². The van der Waals surface area contributed by atoms with E-state index in [0.717, 1.165) is 16.9 Å². The van der Waals surface area contributed by atoms with Crippen LogP contribution in [0.2, 0.25) is 10.0 Å². The molecule has 0 atom stereocenters. The van der Waals surface area contributed by atoms with Crippen molar-refractivity contribution in [2.24, 2.45) is 0 Å². The van der Waals surface area contributed by atoms with Gasteiger partial charge in [-0.15, -0.1) is 0 Å². The highest BCUT2D eigenvalue weighted by atomic mass is 35.5. The molecule has 0 aliphatic rings. The molecular formula is C24H18Cl2N4O2. The first-order valence-electron chi connectivity index (χ1n) is 9.69. The van der Waals surface area contributed by atoms with Gasteiger partial charge in [-0.1, -0.05) is 53.5 Å². The number of benzene rings is 3. The lowest BCUT2D eigenvalue weighted by atomic mass is 10.1. The van der Waals surface area contributed by atoms with Crippen LogP contribution in [0.1, 0.15) is 0 Å². The summed E-state index contributed by atoms with van der Waals surface area (Å²) in [5.41, 5.74) is 3.29. The smallest absolute Gasteiger partial charge is 0.262 e. The molecule has 0 radical (unpaired) electrons. The minimum atomic E-state index is -0.315. The first-order valence-corrected chi connectivity index (χ1v) is 10.4. The summed E-state index contributed by atoms with van der Waals surface area (Å²) < 4.78 is 5.45. The number of halogens is 2. The molecule has 1 amide bonds. The van der Waals surface area contributed by atoms with E-state index in [1.54, 1.807) is 30.3 Å². The molecule has 4 aromatic rings. The normalized spacial score (nSPS) is 10.4. The molecule has 0 saturated carbocycles. The van der Waals surface area contributed by atoms with E-state index >= 15 is 0 Å². The molecule has 160 valence electrons. The molecule has 1 aromatic heterocycles. The predicted molar refractivity (Wildman–Crippen MR) is 128 cm³/mol. The van der Waals surface area contributed by atoms with Gasteiger partial charge in [0.2, 0.25) is 0 Å². The number of hydrogen-bond acceptors (Lipinski definition) is 5. The van der Waals surface area contributed by atoms with Crippen molar-refractivity contribution < 1.29 is 9.53 Å². The van der Waals surface area contributed by atoms with Crippen LogP contribution in [0.25, 0.3) is 11.3 Å². The highest BCUT2D eigenvalue weighted by molar-refractivity contribution is 6.34. The summed E-state index contributed by atoms with van der Waals surface area (Å²) in [6.45, 7) is -0.191. The van der Waals surface area contributed by atoms with Crippen molar-refractivity contribution in [3.63, 3.8) is 0 Å². The molecule has 0 spiro atoms. The largest absolute Gasteiger partial charge is 0.482 e. The zero-order valence-corrected chi connectivity index (χ0v) is 18.3. The number of rotatable bonds is 7. The lowest BCUT2D eigenvalue weighted by molar-refractivity contribution is -0.118. The molecule has 0 aliphatic heterocycles. The summed E-state index contributed by atoms with van der Waals surface area (Å²) in [6, 6.07) is 23.8. The maximum absolute atomic E-state index is 12.2. The Labute approximate surface area is 195 Å². The third kappa shape index (κ3) is 5.75. The summed E-state index contributed by atoms with van der Waals surface area (Å²) in [7, 11) is 0. The number of ether oxygens (including phenoxy) is 1. The number of carbonyl (C=O) groups is 1. The Morgan fingerprint density at radius 3 is 2.41 bits per heavy atom. The van der Waals surface area contributed by atoms with Crippen LogP contribution >= 0.6 is 23.2 Å².